The molecule has 0 aromatic carbocycles. The van der Waals surface area contributed by atoms with Crippen LogP contribution in [0.4, 0.5) is 4.79 Å². The third kappa shape index (κ3) is 5.65. The highest BCUT2D eigenvalue weighted by molar-refractivity contribution is 7.89. The molecule has 5 rings (SSSR count). The Labute approximate surface area is 222 Å². The smallest absolute Gasteiger partial charge is 0.314 e. The minimum Gasteiger partial charge on any atom is -0.342 e. The summed E-state index contributed by atoms with van der Waals surface area (Å²) in [5.74, 6) is 1.43. The number of amides is 3. The van der Waals surface area contributed by atoms with E-state index in [2.05, 4.69) is 32.9 Å². The van der Waals surface area contributed by atoms with Gasteiger partial charge in [-0.3, -0.25) is 10.2 Å². The number of nitrogens with one attached hydrogen (secondary N) is 3. The van der Waals surface area contributed by atoms with Crippen molar-refractivity contribution in [1.29, 1.82) is 0 Å². The Morgan fingerprint density at radius 1 is 0.865 bits per heavy atom. The van der Waals surface area contributed by atoms with Crippen LogP contribution in [-0.4, -0.2) is 97.7 Å². The lowest BCUT2D eigenvalue weighted by Gasteiger charge is -2.43. The van der Waals surface area contributed by atoms with Crippen LogP contribution in [0.1, 0.15) is 71.1 Å². The molecular formula is C26H46N6O4S. The zero-order valence-electron chi connectivity index (χ0n) is 22.5. The molecule has 4 atom stereocenters. The first-order chi connectivity index (χ1) is 17.8. The molecule has 4 aliphatic heterocycles. The van der Waals surface area contributed by atoms with Gasteiger partial charge in [-0.05, 0) is 83.0 Å². The van der Waals surface area contributed by atoms with Crippen molar-refractivity contribution in [2.45, 2.75) is 94.5 Å². The second kappa shape index (κ2) is 11.4. The number of hydrogen-bond acceptors (Lipinski definition) is 6. The number of hydrazine groups is 1. The van der Waals surface area contributed by atoms with Gasteiger partial charge >= 0.3 is 6.03 Å². The van der Waals surface area contributed by atoms with Gasteiger partial charge in [0.25, 0.3) is 0 Å². The van der Waals surface area contributed by atoms with Crippen LogP contribution in [0.15, 0.2) is 0 Å². The highest BCUT2D eigenvalue weighted by Gasteiger charge is 2.49. The first kappa shape index (κ1) is 27.1. The summed E-state index contributed by atoms with van der Waals surface area (Å²) in [6.45, 7) is 6.14. The lowest BCUT2D eigenvalue weighted by molar-refractivity contribution is -0.136. The standard InChI is InChI=1S/C26H46N6O4S/c1-18-24(25(33)30-12-3-4-13-30)23-17-20(11-16-32(23)29-18)19-9-14-31(15-10-19)37(35,36)22-7-5-21(6-8-22)28-26(34)27-2/h18-24,29H,3-17H2,1-2H3,(H2,27,28,34). The van der Waals surface area contributed by atoms with Gasteiger partial charge in [0.1, 0.15) is 0 Å². The van der Waals surface area contributed by atoms with Crippen molar-refractivity contribution in [2.75, 3.05) is 39.8 Å². The molecule has 4 unspecified atom stereocenters. The molecule has 4 saturated heterocycles. The molecule has 3 amide bonds. The highest BCUT2D eigenvalue weighted by atomic mass is 32.2. The Bertz CT molecular complexity index is 925. The molecule has 0 radical (unpaired) electrons. The summed E-state index contributed by atoms with van der Waals surface area (Å²) in [6.07, 6.45) is 8.83. The molecule has 1 aliphatic carbocycles. The maximum absolute atomic E-state index is 13.4. The second-order valence-corrected chi connectivity index (χ2v) is 14.2. The van der Waals surface area contributed by atoms with Crippen LogP contribution in [0.3, 0.4) is 0 Å². The van der Waals surface area contributed by atoms with Gasteiger partial charge in [0.2, 0.25) is 15.9 Å². The van der Waals surface area contributed by atoms with E-state index in [0.717, 1.165) is 58.2 Å². The number of carbonyl (C=O) groups is 2. The molecular weight excluding hydrogens is 492 g/mol. The van der Waals surface area contributed by atoms with E-state index in [0.29, 0.717) is 56.5 Å². The minimum atomic E-state index is -3.31. The van der Waals surface area contributed by atoms with E-state index >= 15 is 0 Å². The van der Waals surface area contributed by atoms with Crippen molar-refractivity contribution in [3.8, 4) is 0 Å². The van der Waals surface area contributed by atoms with Gasteiger partial charge in [0.05, 0.1) is 11.2 Å². The van der Waals surface area contributed by atoms with E-state index in [1.165, 1.54) is 0 Å². The highest BCUT2D eigenvalue weighted by Crippen LogP contribution is 2.41. The second-order valence-electron chi connectivity index (χ2n) is 12.0. The van der Waals surface area contributed by atoms with E-state index in [1.54, 1.807) is 11.4 Å². The summed E-state index contributed by atoms with van der Waals surface area (Å²) < 4.78 is 28.6. The molecule has 5 fully saturated rings. The number of nitrogens with zero attached hydrogens (tertiary/aromatic N) is 3. The fourth-order valence-corrected chi connectivity index (χ4v) is 9.74. The number of carbonyl (C=O) groups excluding carboxylic acids is 2. The Kier molecular flexibility index (Phi) is 8.33. The average molecular weight is 539 g/mol. The quantitative estimate of drug-likeness (QED) is 0.489. The van der Waals surface area contributed by atoms with E-state index < -0.39 is 10.0 Å². The molecule has 11 heteroatoms. The van der Waals surface area contributed by atoms with Crippen LogP contribution in [0.25, 0.3) is 0 Å². The molecule has 210 valence electrons. The maximum Gasteiger partial charge on any atom is 0.314 e. The van der Waals surface area contributed by atoms with Crippen molar-refractivity contribution in [3.05, 3.63) is 0 Å². The molecule has 37 heavy (non-hydrogen) atoms. The lowest BCUT2D eigenvalue weighted by Crippen LogP contribution is -2.50. The predicted octanol–water partition coefficient (Wildman–Crippen LogP) is 1.49. The molecule has 4 heterocycles. The molecule has 3 N–H and O–H groups in total. The third-order valence-electron chi connectivity index (χ3n) is 9.89. The van der Waals surface area contributed by atoms with Gasteiger partial charge < -0.3 is 15.5 Å². The topological polar surface area (TPSA) is 114 Å². The minimum absolute atomic E-state index is 0.0226. The van der Waals surface area contributed by atoms with Crippen molar-refractivity contribution in [3.63, 3.8) is 0 Å². The summed E-state index contributed by atoms with van der Waals surface area (Å²) in [5.41, 5.74) is 3.59. The van der Waals surface area contributed by atoms with E-state index in [1.807, 2.05) is 0 Å². The number of fused-ring (bicyclic) bond motifs is 1. The molecule has 0 spiro atoms. The van der Waals surface area contributed by atoms with Crippen LogP contribution in [0.5, 0.6) is 0 Å². The van der Waals surface area contributed by atoms with Crippen molar-refractivity contribution in [2.24, 2.45) is 17.8 Å². The van der Waals surface area contributed by atoms with Gasteiger partial charge in [-0.1, -0.05) is 0 Å². The fraction of sp³-hybridized carbons (Fsp3) is 0.923. The van der Waals surface area contributed by atoms with Crippen LogP contribution < -0.4 is 16.1 Å². The van der Waals surface area contributed by atoms with E-state index in [-0.39, 0.29) is 35.3 Å². The molecule has 5 aliphatic rings. The van der Waals surface area contributed by atoms with Crippen molar-refractivity contribution < 1.29 is 18.0 Å². The summed E-state index contributed by atoms with van der Waals surface area (Å²) in [7, 11) is -1.72. The number of sulfonamides is 1. The van der Waals surface area contributed by atoms with Crippen LogP contribution in [0, 0.1) is 17.8 Å². The van der Waals surface area contributed by atoms with Crippen LogP contribution >= 0.6 is 0 Å². The number of rotatable bonds is 5. The number of urea groups is 1. The molecule has 0 aromatic rings. The fourth-order valence-electron chi connectivity index (χ4n) is 7.73. The Balaban J connectivity index is 1.13. The van der Waals surface area contributed by atoms with Gasteiger partial charge in [0.15, 0.2) is 0 Å². The zero-order valence-corrected chi connectivity index (χ0v) is 23.3. The monoisotopic (exact) mass is 538 g/mol. The number of hydrogen-bond donors (Lipinski definition) is 3. The average Bonchev–Trinajstić information content (AvgIpc) is 3.56. The third-order valence-corrected chi connectivity index (χ3v) is 12.3. The van der Waals surface area contributed by atoms with Crippen molar-refractivity contribution in [1.82, 2.24) is 30.3 Å². The van der Waals surface area contributed by atoms with Gasteiger partial charge in [-0.2, -0.15) is 0 Å². The Hall–Kier alpha value is -1.43. The molecule has 1 saturated carbocycles. The summed E-state index contributed by atoms with van der Waals surface area (Å²) in [6, 6.07) is 0.276. The lowest BCUT2D eigenvalue weighted by atomic mass is 9.74. The summed E-state index contributed by atoms with van der Waals surface area (Å²) in [5, 5.41) is 7.48. The van der Waals surface area contributed by atoms with E-state index in [4.69, 9.17) is 0 Å². The molecule has 10 nitrogen and oxygen atoms in total. The van der Waals surface area contributed by atoms with E-state index in [9.17, 15) is 18.0 Å². The first-order valence-corrected chi connectivity index (χ1v) is 16.1. The van der Waals surface area contributed by atoms with Crippen molar-refractivity contribution >= 4 is 22.0 Å². The summed E-state index contributed by atoms with van der Waals surface area (Å²) >= 11 is 0. The Morgan fingerprint density at radius 3 is 2.16 bits per heavy atom. The first-order valence-electron chi connectivity index (χ1n) is 14.6. The zero-order chi connectivity index (χ0) is 26.2. The molecule has 0 bridgehead atoms. The maximum atomic E-state index is 13.4. The summed E-state index contributed by atoms with van der Waals surface area (Å²) in [4.78, 5) is 27.0. The molecule has 0 aromatic heterocycles. The predicted molar refractivity (Wildman–Crippen MR) is 142 cm³/mol. The number of likely N-dealkylation sites (tertiary alicyclic amines) is 1. The normalized spacial score (nSPS) is 36.3. The SMILES string of the molecule is CNC(=O)NC1CCC(S(=O)(=O)N2CCC(C3CCN4NC(C)C(C(=O)N5CCCC5)C4C3)CC2)CC1. The van der Waals surface area contributed by atoms with Gasteiger partial charge in [0, 0.05) is 57.9 Å². The number of piperidine rings is 2. The van der Waals surface area contributed by atoms with Crippen LogP contribution in [0.2, 0.25) is 0 Å². The van der Waals surface area contributed by atoms with Gasteiger partial charge in [-0.15, -0.1) is 0 Å². The largest absolute Gasteiger partial charge is 0.342 e. The van der Waals surface area contributed by atoms with Crippen LogP contribution in [-0.2, 0) is 14.8 Å². The Morgan fingerprint density at radius 2 is 1.51 bits per heavy atom. The van der Waals surface area contributed by atoms with Gasteiger partial charge in [-0.25, -0.2) is 22.5 Å².